The number of carbonyl (C=O) groups excluding carboxylic acids is 1. The van der Waals surface area contributed by atoms with Gasteiger partial charge in [0.2, 0.25) is 15.9 Å². The summed E-state index contributed by atoms with van der Waals surface area (Å²) in [4.78, 5) is 11.2. The average Bonchev–Trinajstić information content (AvgIpc) is 2.36. The van der Waals surface area contributed by atoms with Gasteiger partial charge < -0.3 is 10.4 Å². The van der Waals surface area contributed by atoms with Gasteiger partial charge in [-0.2, -0.15) is 4.31 Å². The molecule has 6 nitrogen and oxygen atoms in total. The van der Waals surface area contributed by atoms with Crippen LogP contribution in [0.2, 0.25) is 0 Å². The first kappa shape index (κ1) is 16.4. The molecule has 0 saturated carbocycles. The molecule has 112 valence electrons. The van der Waals surface area contributed by atoms with Crippen LogP contribution >= 0.6 is 0 Å². The molecule has 0 aromatic heterocycles. The molecular formula is C12H24N2O4S. The van der Waals surface area contributed by atoms with Gasteiger partial charge in [-0.15, -0.1) is 0 Å². The smallest absolute Gasteiger partial charge is 0.219 e. The summed E-state index contributed by atoms with van der Waals surface area (Å²) < 4.78 is 25.4. The van der Waals surface area contributed by atoms with E-state index < -0.39 is 15.6 Å². The van der Waals surface area contributed by atoms with Crippen molar-refractivity contribution < 1.29 is 18.3 Å². The summed E-state index contributed by atoms with van der Waals surface area (Å²) in [6, 6.07) is 0. The van der Waals surface area contributed by atoms with E-state index in [0.29, 0.717) is 32.2 Å². The Hall–Kier alpha value is -0.660. The molecule has 2 N–H and O–H groups in total. The van der Waals surface area contributed by atoms with Gasteiger partial charge in [0.05, 0.1) is 11.4 Å². The fourth-order valence-electron chi connectivity index (χ4n) is 2.37. The van der Waals surface area contributed by atoms with Gasteiger partial charge >= 0.3 is 0 Å². The summed E-state index contributed by atoms with van der Waals surface area (Å²) in [7, 11) is -1.73. The number of carbonyl (C=O) groups is 1. The maximum absolute atomic E-state index is 12.0. The van der Waals surface area contributed by atoms with Crippen LogP contribution in [0.3, 0.4) is 0 Å². The third-order valence-corrected chi connectivity index (χ3v) is 5.49. The summed E-state index contributed by atoms with van der Waals surface area (Å²) in [6.07, 6.45) is 2.25. The zero-order valence-corrected chi connectivity index (χ0v) is 12.5. The second-order valence-corrected chi connectivity index (χ2v) is 7.24. The van der Waals surface area contributed by atoms with Crippen molar-refractivity contribution in [1.29, 1.82) is 0 Å². The monoisotopic (exact) mass is 292 g/mol. The zero-order valence-electron chi connectivity index (χ0n) is 11.7. The lowest BCUT2D eigenvalue weighted by atomic mass is 9.89. The summed E-state index contributed by atoms with van der Waals surface area (Å²) in [5, 5.41) is 12.9. The molecule has 1 saturated heterocycles. The van der Waals surface area contributed by atoms with Gasteiger partial charge in [0.1, 0.15) is 0 Å². The standard InChI is InChI=1S/C12H24N2O4S/c1-3-9-19(17,18)14-8-4-6-12(16,10-14)7-5-11(15)13-2/h16H,3-10H2,1-2H3,(H,13,15)/t12-/m1/s1. The average molecular weight is 292 g/mol. The number of nitrogens with zero attached hydrogens (tertiary/aromatic N) is 1. The molecule has 1 aliphatic rings. The minimum absolute atomic E-state index is 0.103. The summed E-state index contributed by atoms with van der Waals surface area (Å²) in [5.74, 6) is -0.0274. The van der Waals surface area contributed by atoms with E-state index >= 15 is 0 Å². The van der Waals surface area contributed by atoms with E-state index in [1.54, 1.807) is 7.05 Å². The molecule has 7 heteroatoms. The van der Waals surface area contributed by atoms with Gasteiger partial charge in [-0.1, -0.05) is 6.92 Å². The van der Waals surface area contributed by atoms with Crippen LogP contribution in [0, 0.1) is 0 Å². The Bertz CT molecular complexity index is 410. The van der Waals surface area contributed by atoms with E-state index in [4.69, 9.17) is 0 Å². The van der Waals surface area contributed by atoms with Crippen molar-refractivity contribution in [3.05, 3.63) is 0 Å². The maximum Gasteiger partial charge on any atom is 0.219 e. The molecule has 0 unspecified atom stereocenters. The number of sulfonamides is 1. The Morgan fingerprint density at radius 2 is 2.16 bits per heavy atom. The highest BCUT2D eigenvalue weighted by molar-refractivity contribution is 7.89. The highest BCUT2D eigenvalue weighted by Gasteiger charge is 2.37. The van der Waals surface area contributed by atoms with Gasteiger partial charge in [0, 0.05) is 26.6 Å². The molecule has 1 heterocycles. The molecule has 1 aliphatic heterocycles. The summed E-state index contributed by atoms with van der Waals surface area (Å²) in [5.41, 5.74) is -1.08. The van der Waals surface area contributed by atoms with Gasteiger partial charge in [-0.3, -0.25) is 4.79 Å². The van der Waals surface area contributed by atoms with Gasteiger partial charge in [0.25, 0.3) is 0 Å². The highest BCUT2D eigenvalue weighted by atomic mass is 32.2. The van der Waals surface area contributed by atoms with E-state index in [-0.39, 0.29) is 24.6 Å². The van der Waals surface area contributed by atoms with Crippen LogP contribution in [0.4, 0.5) is 0 Å². The molecule has 1 rings (SSSR count). The number of aliphatic hydroxyl groups is 1. The van der Waals surface area contributed by atoms with Crippen LogP contribution in [0.5, 0.6) is 0 Å². The number of hydrogen-bond donors (Lipinski definition) is 2. The predicted octanol–water partition coefficient (Wildman–Crippen LogP) is 0.0793. The van der Waals surface area contributed by atoms with Gasteiger partial charge in [-0.05, 0) is 25.7 Å². The number of rotatable bonds is 6. The maximum atomic E-state index is 12.0. The molecule has 0 spiro atoms. The third-order valence-electron chi connectivity index (χ3n) is 3.47. The lowest BCUT2D eigenvalue weighted by Gasteiger charge is -2.38. The Morgan fingerprint density at radius 1 is 1.47 bits per heavy atom. The van der Waals surface area contributed by atoms with Crippen molar-refractivity contribution >= 4 is 15.9 Å². The topological polar surface area (TPSA) is 86.7 Å². The summed E-state index contributed by atoms with van der Waals surface area (Å²) in [6.45, 7) is 2.39. The molecule has 0 aromatic carbocycles. The molecule has 1 fully saturated rings. The highest BCUT2D eigenvalue weighted by Crippen LogP contribution is 2.27. The minimum atomic E-state index is -3.28. The largest absolute Gasteiger partial charge is 0.388 e. The molecule has 1 amide bonds. The van der Waals surface area contributed by atoms with E-state index in [0.717, 1.165) is 0 Å². The molecule has 0 aliphatic carbocycles. The fraction of sp³-hybridized carbons (Fsp3) is 0.917. The van der Waals surface area contributed by atoms with Gasteiger partial charge in [-0.25, -0.2) is 8.42 Å². The van der Waals surface area contributed by atoms with Crippen molar-refractivity contribution in [2.24, 2.45) is 0 Å². The van der Waals surface area contributed by atoms with Crippen molar-refractivity contribution in [2.45, 2.75) is 44.6 Å². The minimum Gasteiger partial charge on any atom is -0.388 e. The first-order valence-electron chi connectivity index (χ1n) is 6.74. The Kier molecular flexibility index (Phi) is 5.76. The second kappa shape index (κ2) is 6.67. The third kappa shape index (κ3) is 4.74. The first-order chi connectivity index (χ1) is 8.83. The lowest BCUT2D eigenvalue weighted by molar-refractivity contribution is -0.122. The number of nitrogens with one attached hydrogen (secondary N) is 1. The number of hydrogen-bond acceptors (Lipinski definition) is 4. The normalized spacial score (nSPS) is 25.2. The fourth-order valence-corrected chi connectivity index (χ4v) is 3.99. The van der Waals surface area contributed by atoms with Crippen molar-refractivity contribution in [1.82, 2.24) is 9.62 Å². The Labute approximate surface area is 115 Å². The SMILES string of the molecule is CCCS(=O)(=O)N1CCC[C@@](O)(CCC(=O)NC)C1. The molecule has 0 aromatic rings. The van der Waals surface area contributed by atoms with E-state index in [1.807, 2.05) is 6.92 Å². The summed E-state index contributed by atoms with van der Waals surface area (Å²) >= 11 is 0. The van der Waals surface area contributed by atoms with Crippen LogP contribution < -0.4 is 5.32 Å². The van der Waals surface area contributed by atoms with E-state index in [1.165, 1.54) is 4.31 Å². The molecular weight excluding hydrogens is 268 g/mol. The lowest BCUT2D eigenvalue weighted by Crippen LogP contribution is -2.51. The Morgan fingerprint density at radius 3 is 2.74 bits per heavy atom. The second-order valence-electron chi connectivity index (χ2n) is 5.15. The molecule has 0 radical (unpaired) electrons. The van der Waals surface area contributed by atoms with Crippen molar-refractivity contribution in [3.8, 4) is 0 Å². The van der Waals surface area contributed by atoms with E-state index in [9.17, 15) is 18.3 Å². The van der Waals surface area contributed by atoms with Crippen LogP contribution in [-0.2, 0) is 14.8 Å². The van der Waals surface area contributed by atoms with Crippen LogP contribution in [0.25, 0.3) is 0 Å². The molecule has 19 heavy (non-hydrogen) atoms. The first-order valence-corrected chi connectivity index (χ1v) is 8.35. The quantitative estimate of drug-likeness (QED) is 0.726. The number of β-amino-alcohol motifs (C(OH)–C–C–N with tert-alkyl or cyclic N) is 1. The zero-order chi connectivity index (χ0) is 14.5. The van der Waals surface area contributed by atoms with E-state index in [2.05, 4.69) is 5.32 Å². The predicted molar refractivity (Wildman–Crippen MR) is 73.1 cm³/mol. The number of amides is 1. The molecule has 1 atom stereocenters. The molecule has 0 bridgehead atoms. The van der Waals surface area contributed by atoms with Crippen LogP contribution in [-0.4, -0.2) is 55.2 Å². The van der Waals surface area contributed by atoms with Crippen molar-refractivity contribution in [2.75, 3.05) is 25.9 Å². The number of piperidine rings is 1. The van der Waals surface area contributed by atoms with Gasteiger partial charge in [0.15, 0.2) is 0 Å². The van der Waals surface area contributed by atoms with Crippen LogP contribution in [0.15, 0.2) is 0 Å². The van der Waals surface area contributed by atoms with Crippen molar-refractivity contribution in [3.63, 3.8) is 0 Å². The Balaban J connectivity index is 2.65. The van der Waals surface area contributed by atoms with Crippen LogP contribution in [0.1, 0.15) is 39.0 Å².